The Bertz CT molecular complexity index is 781. The summed E-state index contributed by atoms with van der Waals surface area (Å²) in [5.41, 5.74) is 7.90. The van der Waals surface area contributed by atoms with Crippen molar-refractivity contribution in [1.82, 2.24) is 14.6 Å². The van der Waals surface area contributed by atoms with Gasteiger partial charge in [0, 0.05) is 30.0 Å². The molecule has 0 radical (unpaired) electrons. The van der Waals surface area contributed by atoms with Gasteiger partial charge in [0.25, 0.3) is 5.69 Å². The van der Waals surface area contributed by atoms with E-state index in [0.717, 1.165) is 0 Å². The summed E-state index contributed by atoms with van der Waals surface area (Å²) in [5.74, 6) is 0.399. The van der Waals surface area contributed by atoms with Crippen molar-refractivity contribution in [3.8, 4) is 11.1 Å². The molecule has 3 rings (SSSR count). The van der Waals surface area contributed by atoms with Gasteiger partial charge >= 0.3 is 0 Å². The number of hydrogen-bond acceptors (Lipinski definition) is 5. The largest absolute Gasteiger partial charge is 0.383 e. The van der Waals surface area contributed by atoms with Gasteiger partial charge in [0.05, 0.1) is 11.1 Å². The molecule has 94 valence electrons. The molecule has 0 unspecified atom stereocenters. The molecule has 0 fully saturated rings. The highest BCUT2D eigenvalue weighted by Crippen LogP contribution is 2.28. The van der Waals surface area contributed by atoms with Gasteiger partial charge < -0.3 is 5.73 Å². The molecule has 0 bridgehead atoms. The van der Waals surface area contributed by atoms with Gasteiger partial charge in [-0.05, 0) is 5.56 Å². The van der Waals surface area contributed by atoms with Crippen LogP contribution >= 0.6 is 0 Å². The third-order valence-corrected chi connectivity index (χ3v) is 2.82. The molecule has 7 heteroatoms. The lowest BCUT2D eigenvalue weighted by atomic mass is 10.1. The highest BCUT2D eigenvalue weighted by Gasteiger charge is 2.12. The molecule has 0 saturated carbocycles. The molecule has 0 spiro atoms. The fourth-order valence-electron chi connectivity index (χ4n) is 1.90. The molecule has 3 aromatic rings. The summed E-state index contributed by atoms with van der Waals surface area (Å²) in [5, 5.41) is 14.8. The number of aromatic nitrogens is 3. The number of benzene rings is 1. The van der Waals surface area contributed by atoms with Gasteiger partial charge in [0.2, 0.25) is 0 Å². The second-order valence-electron chi connectivity index (χ2n) is 3.97. The summed E-state index contributed by atoms with van der Waals surface area (Å²) in [4.78, 5) is 14.5. The van der Waals surface area contributed by atoms with E-state index in [1.807, 2.05) is 0 Å². The first kappa shape index (κ1) is 11.1. The molecule has 0 saturated heterocycles. The van der Waals surface area contributed by atoms with E-state index in [-0.39, 0.29) is 5.69 Å². The smallest absolute Gasteiger partial charge is 0.270 e. The summed E-state index contributed by atoms with van der Waals surface area (Å²) in [6.07, 6.45) is 3.18. The number of nitrogens with two attached hydrogens (primary N) is 1. The Kier molecular flexibility index (Phi) is 2.38. The van der Waals surface area contributed by atoms with Crippen molar-refractivity contribution in [3.05, 3.63) is 52.8 Å². The molecular formula is C12H9N5O2. The van der Waals surface area contributed by atoms with Gasteiger partial charge in [-0.2, -0.15) is 9.61 Å². The van der Waals surface area contributed by atoms with Crippen molar-refractivity contribution in [2.24, 2.45) is 0 Å². The second-order valence-corrected chi connectivity index (χ2v) is 3.97. The third kappa shape index (κ3) is 1.77. The zero-order chi connectivity index (χ0) is 13.4. The summed E-state index contributed by atoms with van der Waals surface area (Å²) in [6, 6.07) is 7.98. The predicted octanol–water partition coefficient (Wildman–Crippen LogP) is 1.89. The van der Waals surface area contributed by atoms with Gasteiger partial charge in [-0.1, -0.05) is 12.1 Å². The summed E-state index contributed by atoms with van der Waals surface area (Å²) >= 11 is 0. The topological polar surface area (TPSA) is 99.3 Å². The van der Waals surface area contributed by atoms with Crippen LogP contribution in [-0.2, 0) is 0 Å². The highest BCUT2D eigenvalue weighted by atomic mass is 16.6. The van der Waals surface area contributed by atoms with Crippen LogP contribution in [0.1, 0.15) is 0 Å². The zero-order valence-corrected chi connectivity index (χ0v) is 9.72. The summed E-state index contributed by atoms with van der Waals surface area (Å²) in [6.45, 7) is 0. The van der Waals surface area contributed by atoms with Crippen molar-refractivity contribution in [2.45, 2.75) is 0 Å². The fourth-order valence-corrected chi connectivity index (χ4v) is 1.90. The van der Waals surface area contributed by atoms with E-state index in [1.165, 1.54) is 16.6 Å². The molecule has 0 aliphatic heterocycles. The number of nitrogen functional groups attached to an aromatic ring is 1. The maximum atomic E-state index is 10.8. The van der Waals surface area contributed by atoms with Crippen molar-refractivity contribution in [2.75, 3.05) is 5.73 Å². The molecule has 1 aromatic carbocycles. The normalized spacial score (nSPS) is 10.7. The van der Waals surface area contributed by atoms with E-state index in [0.29, 0.717) is 22.6 Å². The minimum Gasteiger partial charge on any atom is -0.383 e. The van der Waals surface area contributed by atoms with E-state index in [9.17, 15) is 10.1 Å². The quantitative estimate of drug-likeness (QED) is 0.556. The van der Waals surface area contributed by atoms with Crippen LogP contribution in [0.2, 0.25) is 0 Å². The first-order chi connectivity index (χ1) is 9.16. The summed E-state index contributed by atoms with van der Waals surface area (Å²) < 4.78 is 1.49. The van der Waals surface area contributed by atoms with Gasteiger partial charge in [0.1, 0.15) is 5.82 Å². The number of rotatable bonds is 2. The van der Waals surface area contributed by atoms with Crippen LogP contribution in [0.4, 0.5) is 11.5 Å². The van der Waals surface area contributed by atoms with Crippen molar-refractivity contribution in [3.63, 3.8) is 0 Å². The average molecular weight is 255 g/mol. The van der Waals surface area contributed by atoms with E-state index in [1.54, 1.807) is 30.6 Å². The summed E-state index contributed by atoms with van der Waals surface area (Å²) in [7, 11) is 0. The molecule has 2 heterocycles. The van der Waals surface area contributed by atoms with Crippen LogP contribution in [0, 0.1) is 10.1 Å². The molecule has 0 atom stereocenters. The number of anilines is 1. The van der Waals surface area contributed by atoms with E-state index in [4.69, 9.17) is 5.73 Å². The minimum absolute atomic E-state index is 0.0115. The Balaban J connectivity index is 2.21. The zero-order valence-electron chi connectivity index (χ0n) is 9.72. The number of nitro groups is 1. The lowest BCUT2D eigenvalue weighted by molar-refractivity contribution is -0.384. The van der Waals surface area contributed by atoms with Crippen molar-refractivity contribution < 1.29 is 4.92 Å². The maximum absolute atomic E-state index is 10.8. The van der Waals surface area contributed by atoms with Crippen LogP contribution in [0.15, 0.2) is 42.7 Å². The number of non-ortho nitro benzene ring substituents is 1. The molecule has 2 aromatic heterocycles. The van der Waals surface area contributed by atoms with Crippen LogP contribution in [0.25, 0.3) is 16.8 Å². The second kappa shape index (κ2) is 4.05. The van der Waals surface area contributed by atoms with Gasteiger partial charge in [-0.3, -0.25) is 10.1 Å². The average Bonchev–Trinajstić information content (AvgIpc) is 2.88. The van der Waals surface area contributed by atoms with Crippen LogP contribution in [-0.4, -0.2) is 19.5 Å². The Hall–Kier alpha value is -2.96. The van der Waals surface area contributed by atoms with Crippen molar-refractivity contribution in [1.29, 1.82) is 0 Å². The third-order valence-electron chi connectivity index (χ3n) is 2.82. The lowest BCUT2D eigenvalue weighted by Gasteiger charge is -2.06. The van der Waals surface area contributed by atoms with Crippen LogP contribution in [0.3, 0.4) is 0 Å². The molecule has 0 amide bonds. The Morgan fingerprint density at radius 2 is 2.16 bits per heavy atom. The molecule has 7 nitrogen and oxygen atoms in total. The number of fused-ring (bicyclic) bond motifs is 1. The minimum atomic E-state index is -0.445. The first-order valence-corrected chi connectivity index (χ1v) is 5.50. The van der Waals surface area contributed by atoms with E-state index in [2.05, 4.69) is 10.1 Å². The Morgan fingerprint density at radius 3 is 2.95 bits per heavy atom. The molecular weight excluding hydrogens is 246 g/mol. The van der Waals surface area contributed by atoms with E-state index < -0.39 is 4.92 Å². The van der Waals surface area contributed by atoms with E-state index >= 15 is 0 Å². The number of nitrogens with zero attached hydrogens (tertiary/aromatic N) is 4. The Morgan fingerprint density at radius 1 is 1.32 bits per heavy atom. The first-order valence-electron chi connectivity index (χ1n) is 5.50. The standard InChI is InChI=1S/C12H9N5O2/c13-12-10(7-14-11-4-5-15-16(11)12)8-2-1-3-9(6-8)17(18)19/h1-7H,13H2. The molecule has 0 aliphatic carbocycles. The molecule has 0 aliphatic rings. The SMILES string of the molecule is Nc1c(-c2cccc([N+](=O)[O-])c2)cnc2ccnn12. The van der Waals surface area contributed by atoms with Gasteiger partial charge in [-0.25, -0.2) is 4.98 Å². The van der Waals surface area contributed by atoms with Crippen LogP contribution < -0.4 is 5.73 Å². The fraction of sp³-hybridized carbons (Fsp3) is 0. The molecule has 2 N–H and O–H groups in total. The van der Waals surface area contributed by atoms with Crippen LogP contribution in [0.5, 0.6) is 0 Å². The lowest BCUT2D eigenvalue weighted by Crippen LogP contribution is -2.02. The van der Waals surface area contributed by atoms with Gasteiger partial charge in [0.15, 0.2) is 5.65 Å². The predicted molar refractivity (Wildman–Crippen MR) is 69.5 cm³/mol. The monoisotopic (exact) mass is 255 g/mol. The molecule has 19 heavy (non-hydrogen) atoms. The van der Waals surface area contributed by atoms with Gasteiger partial charge in [-0.15, -0.1) is 0 Å². The Labute approximate surface area is 107 Å². The van der Waals surface area contributed by atoms with Crippen molar-refractivity contribution >= 4 is 17.2 Å². The maximum Gasteiger partial charge on any atom is 0.270 e. The highest BCUT2D eigenvalue weighted by molar-refractivity contribution is 5.76. The number of hydrogen-bond donors (Lipinski definition) is 1. The number of nitro benzene ring substituents is 1.